The summed E-state index contributed by atoms with van der Waals surface area (Å²) in [4.78, 5) is 23.4. The molecule has 4 N–H and O–H groups in total. The molecule has 0 unspecified atom stereocenters. The van der Waals surface area contributed by atoms with Gasteiger partial charge in [-0.3, -0.25) is 4.79 Å². The number of rotatable bonds is 8. The van der Waals surface area contributed by atoms with Crippen LogP contribution in [0.1, 0.15) is 19.3 Å². The van der Waals surface area contributed by atoms with Gasteiger partial charge in [0.2, 0.25) is 5.91 Å². The van der Waals surface area contributed by atoms with Crippen molar-refractivity contribution in [2.75, 3.05) is 32.7 Å². The van der Waals surface area contributed by atoms with Crippen LogP contribution in [0.25, 0.3) is 0 Å². The minimum atomic E-state index is -0.242. The second-order valence-corrected chi connectivity index (χ2v) is 3.89. The van der Waals surface area contributed by atoms with Gasteiger partial charge in [-0.05, 0) is 19.4 Å². The van der Waals surface area contributed by atoms with E-state index in [0.29, 0.717) is 6.42 Å². The molecule has 0 atom stereocenters. The normalized spacial score (nSPS) is 15.2. The van der Waals surface area contributed by atoms with Crippen molar-refractivity contribution in [3.8, 4) is 0 Å². The van der Waals surface area contributed by atoms with Gasteiger partial charge in [-0.2, -0.15) is 0 Å². The van der Waals surface area contributed by atoms with Crippen LogP contribution in [0.2, 0.25) is 0 Å². The van der Waals surface area contributed by atoms with Gasteiger partial charge < -0.3 is 21.3 Å². The maximum absolute atomic E-state index is 11.2. The summed E-state index contributed by atoms with van der Waals surface area (Å²) in [5, 5.41) is 5.98. The number of primary amides is 1. The van der Waals surface area contributed by atoms with E-state index in [1.807, 2.05) is 0 Å². The van der Waals surface area contributed by atoms with Crippen LogP contribution in [0.15, 0.2) is 0 Å². The van der Waals surface area contributed by atoms with Crippen LogP contribution in [-0.4, -0.2) is 49.6 Å². The van der Waals surface area contributed by atoms with E-state index in [9.17, 15) is 9.59 Å². The average Bonchev–Trinajstić information content (AvgIpc) is 2.62. The maximum Gasteiger partial charge on any atom is 0.317 e. The third-order valence-electron chi connectivity index (χ3n) is 2.53. The standard InChI is InChI=1S/C10H20N4O2/c11-9(15)3-1-2-4-12-5-7-14-8-6-13-10(14)16/h12H,1-8H2,(H2,11,15)(H,13,16). The summed E-state index contributed by atoms with van der Waals surface area (Å²) < 4.78 is 0. The quantitative estimate of drug-likeness (QED) is 0.478. The van der Waals surface area contributed by atoms with Gasteiger partial charge in [-0.25, -0.2) is 4.79 Å². The summed E-state index contributed by atoms with van der Waals surface area (Å²) in [7, 11) is 0. The zero-order valence-electron chi connectivity index (χ0n) is 9.50. The predicted octanol–water partition coefficient (Wildman–Crippen LogP) is -0.743. The van der Waals surface area contributed by atoms with E-state index in [1.54, 1.807) is 4.90 Å². The summed E-state index contributed by atoms with van der Waals surface area (Å²) in [5.74, 6) is -0.242. The highest BCUT2D eigenvalue weighted by Gasteiger charge is 2.17. The minimum absolute atomic E-state index is 0.0236. The van der Waals surface area contributed by atoms with Gasteiger partial charge in [0.1, 0.15) is 0 Å². The molecule has 0 aromatic rings. The number of carbonyl (C=O) groups excluding carboxylic acids is 2. The molecule has 16 heavy (non-hydrogen) atoms. The Morgan fingerprint density at radius 1 is 1.44 bits per heavy atom. The Morgan fingerprint density at radius 3 is 2.88 bits per heavy atom. The van der Waals surface area contributed by atoms with E-state index in [4.69, 9.17) is 5.73 Å². The lowest BCUT2D eigenvalue weighted by Crippen LogP contribution is -2.34. The van der Waals surface area contributed by atoms with Gasteiger partial charge in [0.25, 0.3) is 0 Å². The number of hydrogen-bond acceptors (Lipinski definition) is 3. The Balaban J connectivity index is 1.88. The Bertz CT molecular complexity index is 245. The number of amides is 3. The number of carbonyl (C=O) groups is 2. The van der Waals surface area contributed by atoms with Crippen LogP contribution in [-0.2, 0) is 4.79 Å². The summed E-state index contributed by atoms with van der Waals surface area (Å²) in [6.45, 7) is 3.94. The lowest BCUT2D eigenvalue weighted by atomic mass is 10.2. The van der Waals surface area contributed by atoms with Crippen LogP contribution in [0, 0.1) is 0 Å². The van der Waals surface area contributed by atoms with E-state index in [1.165, 1.54) is 0 Å². The maximum atomic E-state index is 11.2. The molecule has 1 fully saturated rings. The first kappa shape index (κ1) is 12.8. The summed E-state index contributed by atoms with van der Waals surface area (Å²) in [6.07, 6.45) is 2.22. The van der Waals surface area contributed by atoms with E-state index in [0.717, 1.165) is 45.6 Å². The number of nitrogens with zero attached hydrogens (tertiary/aromatic N) is 1. The van der Waals surface area contributed by atoms with E-state index in [2.05, 4.69) is 10.6 Å². The van der Waals surface area contributed by atoms with Crippen LogP contribution in [0.5, 0.6) is 0 Å². The van der Waals surface area contributed by atoms with Crippen molar-refractivity contribution in [1.82, 2.24) is 15.5 Å². The molecule has 0 saturated carbocycles. The van der Waals surface area contributed by atoms with Crippen molar-refractivity contribution >= 4 is 11.9 Å². The van der Waals surface area contributed by atoms with Gasteiger partial charge in [0, 0.05) is 32.6 Å². The molecule has 6 nitrogen and oxygen atoms in total. The van der Waals surface area contributed by atoms with Crippen molar-refractivity contribution in [2.24, 2.45) is 5.73 Å². The second kappa shape index (κ2) is 7.05. The molecule has 0 radical (unpaired) electrons. The highest BCUT2D eigenvalue weighted by atomic mass is 16.2. The molecular weight excluding hydrogens is 208 g/mol. The Hall–Kier alpha value is -1.30. The first-order valence-corrected chi connectivity index (χ1v) is 5.72. The fourth-order valence-corrected chi connectivity index (χ4v) is 1.61. The number of nitrogens with two attached hydrogens (primary N) is 1. The van der Waals surface area contributed by atoms with Gasteiger partial charge in [-0.15, -0.1) is 0 Å². The molecule has 0 spiro atoms. The van der Waals surface area contributed by atoms with Crippen molar-refractivity contribution in [3.63, 3.8) is 0 Å². The highest BCUT2D eigenvalue weighted by Crippen LogP contribution is 1.95. The first-order valence-electron chi connectivity index (χ1n) is 5.72. The van der Waals surface area contributed by atoms with Crippen LogP contribution in [0.4, 0.5) is 4.79 Å². The third-order valence-corrected chi connectivity index (χ3v) is 2.53. The van der Waals surface area contributed by atoms with E-state index >= 15 is 0 Å². The molecule has 0 aliphatic carbocycles. The van der Waals surface area contributed by atoms with Crippen molar-refractivity contribution in [3.05, 3.63) is 0 Å². The fraction of sp³-hybridized carbons (Fsp3) is 0.800. The molecule has 1 rings (SSSR count). The Labute approximate surface area is 95.5 Å². The smallest absolute Gasteiger partial charge is 0.317 e. The van der Waals surface area contributed by atoms with Gasteiger partial charge in [-0.1, -0.05) is 0 Å². The predicted molar refractivity (Wildman–Crippen MR) is 60.9 cm³/mol. The summed E-state index contributed by atoms with van der Waals surface area (Å²) >= 11 is 0. The van der Waals surface area contributed by atoms with Gasteiger partial charge >= 0.3 is 6.03 Å². The molecule has 1 aliphatic rings. The molecule has 1 aliphatic heterocycles. The van der Waals surface area contributed by atoms with E-state index < -0.39 is 0 Å². The van der Waals surface area contributed by atoms with Gasteiger partial charge in [0.15, 0.2) is 0 Å². The molecule has 0 aromatic carbocycles. The minimum Gasteiger partial charge on any atom is -0.370 e. The monoisotopic (exact) mass is 228 g/mol. The van der Waals surface area contributed by atoms with Crippen LogP contribution < -0.4 is 16.4 Å². The topological polar surface area (TPSA) is 87.5 Å². The lowest BCUT2D eigenvalue weighted by Gasteiger charge is -2.14. The Kier molecular flexibility index (Phi) is 5.63. The van der Waals surface area contributed by atoms with Crippen molar-refractivity contribution in [2.45, 2.75) is 19.3 Å². The average molecular weight is 228 g/mol. The van der Waals surface area contributed by atoms with Gasteiger partial charge in [0.05, 0.1) is 0 Å². The Morgan fingerprint density at radius 2 is 2.25 bits per heavy atom. The SMILES string of the molecule is NC(=O)CCCCNCCN1CCNC1=O. The fourth-order valence-electron chi connectivity index (χ4n) is 1.61. The second-order valence-electron chi connectivity index (χ2n) is 3.89. The molecule has 1 heterocycles. The molecule has 0 bridgehead atoms. The number of urea groups is 1. The molecule has 92 valence electrons. The number of unbranched alkanes of at least 4 members (excludes halogenated alkanes) is 1. The van der Waals surface area contributed by atoms with E-state index in [-0.39, 0.29) is 11.9 Å². The largest absolute Gasteiger partial charge is 0.370 e. The molecule has 6 heteroatoms. The number of hydrogen-bond donors (Lipinski definition) is 3. The third kappa shape index (κ3) is 4.97. The van der Waals surface area contributed by atoms with Crippen LogP contribution in [0.3, 0.4) is 0 Å². The lowest BCUT2D eigenvalue weighted by molar-refractivity contribution is -0.118. The molecule has 1 saturated heterocycles. The molecular formula is C10H20N4O2. The zero-order chi connectivity index (χ0) is 11.8. The summed E-state index contributed by atoms with van der Waals surface area (Å²) in [5.41, 5.74) is 5.02. The summed E-state index contributed by atoms with van der Waals surface area (Å²) in [6, 6.07) is 0.0236. The molecule has 3 amide bonds. The first-order chi connectivity index (χ1) is 7.70. The highest BCUT2D eigenvalue weighted by molar-refractivity contribution is 5.76. The number of nitrogens with one attached hydrogen (secondary N) is 2. The molecule has 0 aromatic heterocycles. The van der Waals surface area contributed by atoms with Crippen LogP contribution >= 0.6 is 0 Å². The van der Waals surface area contributed by atoms with Crippen molar-refractivity contribution in [1.29, 1.82) is 0 Å². The zero-order valence-corrected chi connectivity index (χ0v) is 9.50. The van der Waals surface area contributed by atoms with Crippen molar-refractivity contribution < 1.29 is 9.59 Å².